The number of benzene rings is 1. The van der Waals surface area contributed by atoms with Crippen LogP contribution in [0.3, 0.4) is 0 Å². The van der Waals surface area contributed by atoms with E-state index in [2.05, 4.69) is 58.2 Å². The van der Waals surface area contributed by atoms with Gasteiger partial charge >= 0.3 is 0 Å². The molecule has 2 aromatic rings. The first-order valence-electron chi connectivity index (χ1n) is 15.4. The summed E-state index contributed by atoms with van der Waals surface area (Å²) in [6.45, 7) is 14.6. The highest BCUT2D eigenvalue weighted by atomic mass is 16.5. The molecule has 2 aliphatic heterocycles. The second-order valence-electron chi connectivity index (χ2n) is 12.1. The van der Waals surface area contributed by atoms with Gasteiger partial charge < -0.3 is 24.7 Å². The number of carbonyl (C=O) groups is 1. The van der Waals surface area contributed by atoms with Crippen molar-refractivity contribution in [3.05, 3.63) is 87.0 Å². The first-order valence-corrected chi connectivity index (χ1v) is 15.4. The molecule has 0 spiro atoms. The number of ether oxygens (including phenoxy) is 2. The van der Waals surface area contributed by atoms with Gasteiger partial charge in [0.1, 0.15) is 0 Å². The van der Waals surface area contributed by atoms with Crippen molar-refractivity contribution in [3.63, 3.8) is 0 Å². The van der Waals surface area contributed by atoms with E-state index in [4.69, 9.17) is 9.47 Å². The van der Waals surface area contributed by atoms with E-state index >= 15 is 0 Å². The maximum Gasteiger partial charge on any atom is 0.253 e. The molecule has 3 heterocycles. The number of nitrogens with one attached hydrogen (secondary N) is 2. The standard InChI is InChI=1S/C34H46N4O4/c1-5-38(28-11-15-41-16-12-28)31-21-27(26-9-7-6-8-10-26)20-30(34(31,4)23-37-13-17-42-18-14-37)33(40)35-22-29-24(2)19-25(3)36-32(29)39/h6-10,19-21,28,30H,5,11-18,22-23H2,1-4H3,(H,35,40)(H,36,39). The van der Waals surface area contributed by atoms with Crippen LogP contribution in [0.1, 0.15) is 49.1 Å². The quantitative estimate of drug-likeness (QED) is 0.470. The monoisotopic (exact) mass is 574 g/mol. The summed E-state index contributed by atoms with van der Waals surface area (Å²) < 4.78 is 11.4. The lowest BCUT2D eigenvalue weighted by molar-refractivity contribution is -0.127. The highest BCUT2D eigenvalue weighted by Gasteiger charge is 2.47. The van der Waals surface area contributed by atoms with Gasteiger partial charge in [-0.15, -0.1) is 0 Å². The number of rotatable bonds is 9. The van der Waals surface area contributed by atoms with E-state index < -0.39 is 11.3 Å². The number of amides is 1. The lowest BCUT2D eigenvalue weighted by Gasteiger charge is -2.50. The number of allylic oxidation sites excluding steroid dienone is 2. The fourth-order valence-electron chi connectivity index (χ4n) is 6.88. The summed E-state index contributed by atoms with van der Waals surface area (Å²) in [6, 6.07) is 12.6. The first-order chi connectivity index (χ1) is 20.3. The van der Waals surface area contributed by atoms with Crippen LogP contribution in [0.4, 0.5) is 0 Å². The van der Waals surface area contributed by atoms with Crippen molar-refractivity contribution in [2.75, 3.05) is 52.6 Å². The Bertz CT molecular complexity index is 1360. The van der Waals surface area contributed by atoms with E-state index in [1.807, 2.05) is 38.1 Å². The second kappa shape index (κ2) is 13.4. The van der Waals surface area contributed by atoms with Crippen molar-refractivity contribution in [2.45, 2.75) is 53.1 Å². The Labute approximate surface area is 249 Å². The zero-order chi connectivity index (χ0) is 29.7. The molecule has 1 amide bonds. The van der Waals surface area contributed by atoms with E-state index in [0.717, 1.165) is 74.6 Å². The highest BCUT2D eigenvalue weighted by Crippen LogP contribution is 2.46. The fourth-order valence-corrected chi connectivity index (χ4v) is 6.88. The third kappa shape index (κ3) is 6.56. The molecule has 2 fully saturated rings. The first kappa shape index (κ1) is 30.3. The number of nitrogens with zero attached hydrogens (tertiary/aromatic N) is 2. The summed E-state index contributed by atoms with van der Waals surface area (Å²) in [4.78, 5) is 35.0. The summed E-state index contributed by atoms with van der Waals surface area (Å²) in [6.07, 6.45) is 6.41. The van der Waals surface area contributed by atoms with Crippen molar-refractivity contribution >= 4 is 11.5 Å². The molecule has 1 aliphatic carbocycles. The maximum atomic E-state index is 14.4. The normalized spacial score (nSPS) is 23.7. The number of carbonyl (C=O) groups excluding carboxylic acids is 1. The van der Waals surface area contributed by atoms with Gasteiger partial charge in [-0.3, -0.25) is 14.5 Å². The highest BCUT2D eigenvalue weighted by molar-refractivity contribution is 5.88. The van der Waals surface area contributed by atoms with Gasteiger partial charge in [0.05, 0.1) is 19.1 Å². The molecule has 1 aromatic heterocycles. The molecule has 42 heavy (non-hydrogen) atoms. The Morgan fingerprint density at radius 1 is 1.10 bits per heavy atom. The lowest BCUT2D eigenvalue weighted by atomic mass is 9.67. The summed E-state index contributed by atoms with van der Waals surface area (Å²) >= 11 is 0. The molecule has 2 N–H and O–H groups in total. The van der Waals surface area contributed by atoms with E-state index in [1.165, 1.54) is 5.70 Å². The average molecular weight is 575 g/mol. The molecule has 0 bridgehead atoms. The fraction of sp³-hybridized carbons (Fsp3) is 0.529. The van der Waals surface area contributed by atoms with Crippen LogP contribution < -0.4 is 10.9 Å². The minimum atomic E-state index is -0.497. The molecular weight excluding hydrogens is 528 g/mol. The predicted octanol–water partition coefficient (Wildman–Crippen LogP) is 4.04. The van der Waals surface area contributed by atoms with Crippen molar-refractivity contribution in [1.82, 2.24) is 20.1 Å². The number of morpholine rings is 1. The molecule has 1 aromatic carbocycles. The molecule has 5 rings (SSSR count). The summed E-state index contributed by atoms with van der Waals surface area (Å²) in [5.74, 6) is -0.499. The van der Waals surface area contributed by atoms with Gasteiger partial charge in [-0.2, -0.15) is 0 Å². The van der Waals surface area contributed by atoms with Crippen LogP contribution in [-0.2, 0) is 20.8 Å². The Morgan fingerprint density at radius 2 is 1.79 bits per heavy atom. The minimum Gasteiger partial charge on any atom is -0.381 e. The Kier molecular flexibility index (Phi) is 9.66. The molecule has 2 atom stereocenters. The largest absolute Gasteiger partial charge is 0.381 e. The van der Waals surface area contributed by atoms with Crippen molar-refractivity contribution in [3.8, 4) is 0 Å². The summed E-state index contributed by atoms with van der Waals surface area (Å²) in [7, 11) is 0. The van der Waals surface area contributed by atoms with Gasteiger partial charge in [-0.25, -0.2) is 0 Å². The van der Waals surface area contributed by atoms with Crippen LogP contribution in [0, 0.1) is 25.2 Å². The van der Waals surface area contributed by atoms with Crippen LogP contribution in [0.25, 0.3) is 5.57 Å². The van der Waals surface area contributed by atoms with Gasteiger partial charge in [0.25, 0.3) is 5.56 Å². The zero-order valence-electron chi connectivity index (χ0n) is 25.6. The minimum absolute atomic E-state index is 0.0628. The van der Waals surface area contributed by atoms with Crippen LogP contribution in [-0.4, -0.2) is 79.3 Å². The molecule has 8 nitrogen and oxygen atoms in total. The number of aryl methyl sites for hydroxylation is 2. The predicted molar refractivity (Wildman–Crippen MR) is 166 cm³/mol. The number of aromatic amines is 1. The molecule has 226 valence electrons. The molecule has 0 radical (unpaired) electrons. The third-order valence-electron chi connectivity index (χ3n) is 9.17. The SMILES string of the molecule is CCN(C1=CC(c2ccccc2)=CC(C(=O)NCc2c(C)cc(C)[nH]c2=O)C1(C)CN1CCOCC1)C1CCOCC1. The zero-order valence-corrected chi connectivity index (χ0v) is 25.6. The van der Waals surface area contributed by atoms with E-state index in [1.54, 1.807) is 0 Å². The van der Waals surface area contributed by atoms with E-state index in [9.17, 15) is 9.59 Å². The Balaban J connectivity index is 1.56. The van der Waals surface area contributed by atoms with Crippen LogP contribution in [0.5, 0.6) is 0 Å². The van der Waals surface area contributed by atoms with Gasteiger partial charge in [-0.1, -0.05) is 43.3 Å². The van der Waals surface area contributed by atoms with Crippen molar-refractivity contribution in [2.24, 2.45) is 11.3 Å². The molecule has 0 saturated carbocycles. The Morgan fingerprint density at radius 3 is 2.45 bits per heavy atom. The van der Waals surface area contributed by atoms with Crippen LogP contribution in [0.15, 0.2) is 59.0 Å². The number of aromatic nitrogens is 1. The number of pyridine rings is 1. The molecule has 3 aliphatic rings. The topological polar surface area (TPSA) is 86.9 Å². The van der Waals surface area contributed by atoms with Crippen molar-refractivity contribution in [1.29, 1.82) is 0 Å². The van der Waals surface area contributed by atoms with Crippen LogP contribution in [0.2, 0.25) is 0 Å². The van der Waals surface area contributed by atoms with E-state index in [-0.39, 0.29) is 18.0 Å². The van der Waals surface area contributed by atoms with Gasteiger partial charge in [0, 0.05) is 74.3 Å². The second-order valence-corrected chi connectivity index (χ2v) is 12.1. The molecule has 8 heteroatoms. The summed E-state index contributed by atoms with van der Waals surface area (Å²) in [5, 5.41) is 3.18. The maximum absolute atomic E-state index is 14.4. The van der Waals surface area contributed by atoms with Crippen molar-refractivity contribution < 1.29 is 14.3 Å². The van der Waals surface area contributed by atoms with Crippen LogP contribution >= 0.6 is 0 Å². The van der Waals surface area contributed by atoms with Gasteiger partial charge in [0.15, 0.2) is 0 Å². The molecular formula is C34H46N4O4. The van der Waals surface area contributed by atoms with Gasteiger partial charge in [0.2, 0.25) is 5.91 Å². The summed E-state index contributed by atoms with van der Waals surface area (Å²) in [5.41, 5.74) is 5.00. The third-order valence-corrected chi connectivity index (χ3v) is 9.17. The lowest BCUT2D eigenvalue weighted by Crippen LogP contribution is -2.54. The molecule has 2 saturated heterocycles. The number of hydrogen-bond acceptors (Lipinski definition) is 6. The average Bonchev–Trinajstić information content (AvgIpc) is 2.99. The number of hydrogen-bond donors (Lipinski definition) is 2. The van der Waals surface area contributed by atoms with E-state index in [0.29, 0.717) is 24.8 Å². The van der Waals surface area contributed by atoms with Gasteiger partial charge in [-0.05, 0) is 62.5 Å². The smallest absolute Gasteiger partial charge is 0.253 e. The number of H-pyrrole nitrogens is 1. The molecule has 2 unspecified atom stereocenters. The Hall–Kier alpha value is -3.20.